The summed E-state index contributed by atoms with van der Waals surface area (Å²) in [5.74, 6) is 0. The van der Waals surface area contributed by atoms with Crippen LogP contribution in [0.15, 0.2) is 151 Å². The van der Waals surface area contributed by atoms with Crippen LogP contribution in [0.25, 0.3) is 21.5 Å². The zero-order valence-electron chi connectivity index (χ0n) is 20.4. The van der Waals surface area contributed by atoms with Crippen molar-refractivity contribution in [2.45, 2.75) is 31.7 Å². The summed E-state index contributed by atoms with van der Waals surface area (Å²) in [6.07, 6.45) is 0. The molecule has 8 rings (SSSR count). The minimum Gasteiger partial charge on any atom is -0.180 e. The third-order valence-electron chi connectivity index (χ3n) is 7.57. The molecule has 2 aliphatic rings. The third kappa shape index (κ3) is 3.44. The summed E-state index contributed by atoms with van der Waals surface area (Å²) in [5.41, 5.74) is 4.96. The summed E-state index contributed by atoms with van der Waals surface area (Å²) in [4.78, 5) is 5.03. The van der Waals surface area contributed by atoms with Gasteiger partial charge in [0, 0.05) is 30.7 Å². The first-order valence-electron chi connectivity index (χ1n) is 12.8. The molecular formula is C34H22N2S2. The molecule has 0 aromatic heterocycles. The average molecular weight is 523 g/mol. The van der Waals surface area contributed by atoms with Crippen molar-refractivity contribution in [1.82, 2.24) is 0 Å². The molecule has 0 N–H and O–H groups in total. The van der Waals surface area contributed by atoms with Crippen molar-refractivity contribution in [2.75, 3.05) is 0 Å². The van der Waals surface area contributed by atoms with Gasteiger partial charge in [0.05, 0.1) is 0 Å². The van der Waals surface area contributed by atoms with Crippen LogP contribution in [0, 0.1) is 0 Å². The van der Waals surface area contributed by atoms with E-state index < -0.39 is 0 Å². The van der Waals surface area contributed by atoms with Crippen LogP contribution in [0.5, 0.6) is 0 Å². The van der Waals surface area contributed by atoms with Crippen molar-refractivity contribution in [3.05, 3.63) is 144 Å². The summed E-state index contributed by atoms with van der Waals surface area (Å²) in [5, 5.41) is 15.5. The zero-order chi connectivity index (χ0) is 25.1. The molecule has 0 aliphatic carbocycles. The molecule has 0 bridgehead atoms. The summed E-state index contributed by atoms with van der Waals surface area (Å²) in [7, 11) is 0. The average Bonchev–Trinajstić information content (AvgIpc) is 2.98. The van der Waals surface area contributed by atoms with Gasteiger partial charge in [0.15, 0.2) is 0 Å². The van der Waals surface area contributed by atoms with Crippen LogP contribution in [-0.4, -0.2) is 0 Å². The van der Waals surface area contributed by atoms with Crippen LogP contribution in [0.1, 0.15) is 34.3 Å². The highest BCUT2D eigenvalue weighted by atomic mass is 32.2. The second kappa shape index (κ2) is 8.87. The second-order valence-electron chi connectivity index (χ2n) is 9.71. The molecule has 0 spiro atoms. The standard InChI is InChI=1S/C34H22N2S2/c1-3-11-23-21(9-1)17-19-29-31(23)33(25-13-5-7-15-27(25)37-29)35-36-34-26-14-6-8-16-28(26)38-30-20-18-22-10-2-4-12-24(22)32(30)34/h1-20,33-34H. The molecule has 38 heavy (non-hydrogen) atoms. The molecule has 0 radical (unpaired) electrons. The molecule has 2 heterocycles. The second-order valence-corrected chi connectivity index (χ2v) is 11.9. The molecule has 4 heteroatoms. The summed E-state index contributed by atoms with van der Waals surface area (Å²) in [6, 6.07) is 43.2. The van der Waals surface area contributed by atoms with Gasteiger partial charge in [-0.1, -0.05) is 121 Å². The Balaban J connectivity index is 1.35. The molecule has 0 saturated carbocycles. The number of benzene rings is 6. The number of fused-ring (bicyclic) bond motifs is 8. The van der Waals surface area contributed by atoms with Crippen LogP contribution in [-0.2, 0) is 0 Å². The number of rotatable bonds is 2. The van der Waals surface area contributed by atoms with Gasteiger partial charge < -0.3 is 0 Å². The molecule has 0 saturated heterocycles. The fourth-order valence-corrected chi connectivity index (χ4v) is 8.11. The van der Waals surface area contributed by atoms with E-state index in [1.807, 2.05) is 23.5 Å². The van der Waals surface area contributed by atoms with Gasteiger partial charge in [0.1, 0.15) is 12.1 Å². The first kappa shape index (κ1) is 22.2. The summed E-state index contributed by atoms with van der Waals surface area (Å²) < 4.78 is 0. The van der Waals surface area contributed by atoms with Crippen LogP contribution in [0.3, 0.4) is 0 Å². The van der Waals surface area contributed by atoms with E-state index >= 15 is 0 Å². The van der Waals surface area contributed by atoms with Gasteiger partial charge in [0.2, 0.25) is 0 Å². The van der Waals surface area contributed by atoms with Crippen LogP contribution in [0.2, 0.25) is 0 Å². The quantitative estimate of drug-likeness (QED) is 0.211. The topological polar surface area (TPSA) is 24.7 Å². The van der Waals surface area contributed by atoms with Gasteiger partial charge in [-0.2, -0.15) is 10.2 Å². The minimum absolute atomic E-state index is 0.159. The smallest absolute Gasteiger partial charge is 0.124 e. The van der Waals surface area contributed by atoms with Crippen molar-refractivity contribution in [3.8, 4) is 0 Å². The predicted octanol–water partition coefficient (Wildman–Crippen LogP) is 10.3. The van der Waals surface area contributed by atoms with Crippen molar-refractivity contribution in [1.29, 1.82) is 0 Å². The first-order valence-corrected chi connectivity index (χ1v) is 14.5. The Bertz CT molecular complexity index is 1770. The Morgan fingerprint density at radius 1 is 0.395 bits per heavy atom. The van der Waals surface area contributed by atoms with Gasteiger partial charge >= 0.3 is 0 Å². The highest BCUT2D eigenvalue weighted by molar-refractivity contribution is 7.99. The fourth-order valence-electron chi connectivity index (χ4n) is 5.81. The Morgan fingerprint density at radius 3 is 1.32 bits per heavy atom. The maximum atomic E-state index is 5.25. The third-order valence-corrected chi connectivity index (χ3v) is 9.91. The molecular weight excluding hydrogens is 501 g/mol. The van der Waals surface area contributed by atoms with Crippen molar-refractivity contribution < 1.29 is 0 Å². The lowest BCUT2D eigenvalue weighted by Crippen LogP contribution is -2.10. The van der Waals surface area contributed by atoms with E-state index in [1.54, 1.807) is 0 Å². The minimum atomic E-state index is -0.159. The van der Waals surface area contributed by atoms with E-state index in [0.717, 1.165) is 0 Å². The van der Waals surface area contributed by atoms with Crippen LogP contribution in [0.4, 0.5) is 0 Å². The van der Waals surface area contributed by atoms with E-state index in [9.17, 15) is 0 Å². The van der Waals surface area contributed by atoms with Crippen molar-refractivity contribution >= 4 is 45.1 Å². The van der Waals surface area contributed by atoms with Crippen molar-refractivity contribution in [3.63, 3.8) is 0 Å². The largest absolute Gasteiger partial charge is 0.180 e. The lowest BCUT2D eigenvalue weighted by molar-refractivity contribution is 0.678. The highest BCUT2D eigenvalue weighted by Crippen LogP contribution is 2.52. The van der Waals surface area contributed by atoms with Gasteiger partial charge in [-0.3, -0.25) is 0 Å². The Labute approximate surface area is 229 Å². The van der Waals surface area contributed by atoms with Gasteiger partial charge in [-0.05, 0) is 56.9 Å². The number of hydrogen-bond acceptors (Lipinski definition) is 4. The fraction of sp³-hybridized carbons (Fsp3) is 0.0588. The SMILES string of the molecule is c1ccc2c(c1)Sc1ccc3ccccc3c1C2N=NC1c2ccccc2Sc2ccc3ccccc3c21. The molecule has 2 atom stereocenters. The maximum Gasteiger partial charge on any atom is 0.124 e. The van der Waals surface area contributed by atoms with E-state index in [1.165, 1.54) is 63.4 Å². The van der Waals surface area contributed by atoms with Crippen molar-refractivity contribution in [2.24, 2.45) is 10.2 Å². The summed E-state index contributed by atoms with van der Waals surface area (Å²) in [6.45, 7) is 0. The van der Waals surface area contributed by atoms with Crippen LogP contribution >= 0.6 is 23.5 Å². The lowest BCUT2D eigenvalue weighted by atomic mass is 9.93. The Hall–Kier alpha value is -3.86. The van der Waals surface area contributed by atoms with Crippen LogP contribution < -0.4 is 0 Å². The molecule has 0 fully saturated rings. The number of hydrogen-bond donors (Lipinski definition) is 0. The van der Waals surface area contributed by atoms with Gasteiger partial charge in [-0.15, -0.1) is 0 Å². The Morgan fingerprint density at radius 2 is 0.816 bits per heavy atom. The molecule has 180 valence electrons. The molecule has 6 aromatic rings. The Kier molecular flexibility index (Phi) is 5.17. The molecule has 2 unspecified atom stereocenters. The monoisotopic (exact) mass is 522 g/mol. The lowest BCUT2D eigenvalue weighted by Gasteiger charge is -2.28. The zero-order valence-corrected chi connectivity index (χ0v) is 22.0. The molecule has 2 aliphatic heterocycles. The van der Waals surface area contributed by atoms with E-state index in [4.69, 9.17) is 10.2 Å². The van der Waals surface area contributed by atoms with E-state index in [2.05, 4.69) is 121 Å². The van der Waals surface area contributed by atoms with E-state index in [0.29, 0.717) is 0 Å². The molecule has 2 nitrogen and oxygen atoms in total. The van der Waals surface area contributed by atoms with Gasteiger partial charge in [0.25, 0.3) is 0 Å². The molecule has 0 amide bonds. The highest BCUT2D eigenvalue weighted by Gasteiger charge is 2.31. The molecule has 6 aromatic carbocycles. The normalized spacial score (nSPS) is 17.7. The number of nitrogens with zero attached hydrogens (tertiary/aromatic N) is 2. The predicted molar refractivity (Wildman–Crippen MR) is 158 cm³/mol. The number of azo groups is 1. The van der Waals surface area contributed by atoms with Gasteiger partial charge in [-0.25, -0.2) is 0 Å². The maximum absolute atomic E-state index is 5.25. The summed E-state index contributed by atoms with van der Waals surface area (Å²) >= 11 is 3.67. The van der Waals surface area contributed by atoms with E-state index in [-0.39, 0.29) is 12.1 Å². The first-order chi connectivity index (χ1) is 18.8.